The number of hydrogen-bond acceptors (Lipinski definition) is 3. The zero-order chi connectivity index (χ0) is 17.1. The maximum absolute atomic E-state index is 12.3. The number of amides is 1. The van der Waals surface area contributed by atoms with Crippen LogP contribution in [0.4, 0.5) is 32.0 Å². The van der Waals surface area contributed by atoms with Crippen LogP contribution in [0.2, 0.25) is 0 Å². The molecular weight excluding hydrogens is 320 g/mol. The molecule has 0 spiro atoms. The first-order valence-electron chi connectivity index (χ1n) is 5.59. The Morgan fingerprint density at radius 3 is 1.82 bits per heavy atom. The minimum Gasteiger partial charge on any atom is -0.465 e. The summed E-state index contributed by atoms with van der Waals surface area (Å²) in [5.41, 5.74) is -0.306. The van der Waals surface area contributed by atoms with Gasteiger partial charge < -0.3 is 10.1 Å². The van der Waals surface area contributed by atoms with Crippen LogP contribution in [-0.2, 0) is 9.53 Å². The molecule has 0 aliphatic carbocycles. The summed E-state index contributed by atoms with van der Waals surface area (Å²) in [6.45, 7) is 0. The smallest absolute Gasteiger partial charge is 0.409 e. The lowest BCUT2D eigenvalue weighted by atomic mass is 10.1. The van der Waals surface area contributed by atoms with Gasteiger partial charge >= 0.3 is 18.3 Å². The monoisotopic (exact) mass is 329 g/mol. The van der Waals surface area contributed by atoms with Crippen LogP contribution in [-0.4, -0.2) is 31.3 Å². The first-order valence-corrected chi connectivity index (χ1v) is 5.59. The van der Waals surface area contributed by atoms with E-state index in [-0.39, 0.29) is 11.3 Å². The van der Waals surface area contributed by atoms with E-state index in [1.54, 1.807) is 0 Å². The van der Waals surface area contributed by atoms with Crippen LogP contribution in [0.25, 0.3) is 0 Å². The molecule has 10 heteroatoms. The van der Waals surface area contributed by atoms with E-state index >= 15 is 0 Å². The summed E-state index contributed by atoms with van der Waals surface area (Å²) in [5, 5.41) is 1.51. The molecule has 0 fully saturated rings. The molecule has 0 aliphatic rings. The van der Waals surface area contributed by atoms with Gasteiger partial charge in [-0.1, -0.05) is 0 Å². The van der Waals surface area contributed by atoms with Crippen molar-refractivity contribution in [2.45, 2.75) is 12.4 Å². The van der Waals surface area contributed by atoms with Gasteiger partial charge in [-0.25, -0.2) is 4.79 Å². The maximum atomic E-state index is 12.3. The Labute approximate surface area is 120 Å². The topological polar surface area (TPSA) is 55.4 Å². The van der Waals surface area contributed by atoms with Crippen molar-refractivity contribution in [3.05, 3.63) is 29.8 Å². The Morgan fingerprint density at radius 1 is 1.00 bits per heavy atom. The second kappa shape index (κ2) is 6.24. The van der Waals surface area contributed by atoms with Crippen molar-refractivity contribution < 1.29 is 40.7 Å². The molecule has 0 atom stereocenters. The lowest BCUT2D eigenvalue weighted by Crippen LogP contribution is -2.45. The number of halogens is 6. The van der Waals surface area contributed by atoms with Crippen LogP contribution < -0.4 is 5.32 Å². The molecule has 122 valence electrons. The Bertz CT molecular complexity index is 535. The summed E-state index contributed by atoms with van der Waals surface area (Å²) in [5.74, 6) is -7.15. The van der Waals surface area contributed by atoms with E-state index in [0.29, 0.717) is 0 Å². The average Bonchev–Trinajstić information content (AvgIpc) is 2.35. The van der Waals surface area contributed by atoms with Crippen molar-refractivity contribution in [2.24, 2.45) is 5.92 Å². The van der Waals surface area contributed by atoms with Gasteiger partial charge in [0.1, 0.15) is 0 Å². The van der Waals surface area contributed by atoms with Crippen molar-refractivity contribution in [3.8, 4) is 0 Å². The number of nitrogens with one attached hydrogen (secondary N) is 1. The van der Waals surface area contributed by atoms with Crippen LogP contribution in [0.5, 0.6) is 0 Å². The molecule has 0 saturated heterocycles. The Balaban J connectivity index is 2.93. The third-order valence-corrected chi connectivity index (χ3v) is 2.49. The molecule has 0 heterocycles. The van der Waals surface area contributed by atoms with Crippen LogP contribution in [0.1, 0.15) is 10.4 Å². The number of carbonyl (C=O) groups is 2. The molecule has 0 bridgehead atoms. The number of hydrogen-bond donors (Lipinski definition) is 1. The molecule has 1 amide bonds. The summed E-state index contributed by atoms with van der Waals surface area (Å²) in [6, 6.07) is 4.12. The van der Waals surface area contributed by atoms with Crippen molar-refractivity contribution in [1.29, 1.82) is 0 Å². The van der Waals surface area contributed by atoms with Gasteiger partial charge in [0.25, 0.3) is 0 Å². The van der Waals surface area contributed by atoms with Crippen molar-refractivity contribution in [3.63, 3.8) is 0 Å². The maximum Gasteiger partial charge on any atom is 0.409 e. The Morgan fingerprint density at radius 2 is 1.45 bits per heavy atom. The standard InChI is InChI=1S/C12H9F6NO3/c1-22-10(21)6-2-4-7(5-3-6)19-9(20)8(11(13,14)15)12(16,17)18/h2-5,8H,1H3,(H,19,20). The van der Waals surface area contributed by atoms with Gasteiger partial charge in [-0.15, -0.1) is 0 Å². The zero-order valence-electron chi connectivity index (χ0n) is 10.9. The molecule has 1 aromatic carbocycles. The summed E-state index contributed by atoms with van der Waals surface area (Å²) in [4.78, 5) is 22.3. The lowest BCUT2D eigenvalue weighted by molar-refractivity contribution is -0.272. The molecule has 0 aromatic heterocycles. The molecule has 22 heavy (non-hydrogen) atoms. The van der Waals surface area contributed by atoms with E-state index < -0.39 is 30.1 Å². The van der Waals surface area contributed by atoms with Gasteiger partial charge in [0.15, 0.2) is 0 Å². The highest BCUT2D eigenvalue weighted by atomic mass is 19.4. The van der Waals surface area contributed by atoms with Crippen LogP contribution in [0.15, 0.2) is 24.3 Å². The number of alkyl halides is 6. The molecule has 4 nitrogen and oxygen atoms in total. The van der Waals surface area contributed by atoms with Crippen LogP contribution >= 0.6 is 0 Å². The number of methoxy groups -OCH3 is 1. The average molecular weight is 329 g/mol. The second-order valence-corrected chi connectivity index (χ2v) is 4.07. The third kappa shape index (κ3) is 4.37. The largest absolute Gasteiger partial charge is 0.465 e. The highest BCUT2D eigenvalue weighted by Gasteiger charge is 2.61. The second-order valence-electron chi connectivity index (χ2n) is 4.07. The van der Waals surface area contributed by atoms with E-state index in [0.717, 1.165) is 31.4 Å². The van der Waals surface area contributed by atoms with Gasteiger partial charge in [-0.3, -0.25) is 4.79 Å². The third-order valence-electron chi connectivity index (χ3n) is 2.49. The van der Waals surface area contributed by atoms with Crippen molar-refractivity contribution in [2.75, 3.05) is 12.4 Å². The summed E-state index contributed by atoms with van der Waals surface area (Å²) >= 11 is 0. The fraction of sp³-hybridized carbons (Fsp3) is 0.333. The molecule has 0 unspecified atom stereocenters. The van der Waals surface area contributed by atoms with E-state index in [1.165, 1.54) is 5.32 Å². The first kappa shape index (κ1) is 17.8. The molecule has 0 radical (unpaired) electrons. The predicted octanol–water partition coefficient (Wildman–Crippen LogP) is 3.15. The van der Waals surface area contributed by atoms with Crippen LogP contribution in [0.3, 0.4) is 0 Å². The number of esters is 1. The molecule has 1 N–H and O–H groups in total. The molecule has 0 saturated carbocycles. The minimum atomic E-state index is -5.77. The Hall–Kier alpha value is -2.26. The van der Waals surface area contributed by atoms with E-state index in [9.17, 15) is 35.9 Å². The fourth-order valence-electron chi connectivity index (χ4n) is 1.50. The minimum absolute atomic E-state index is 0.0173. The SMILES string of the molecule is COC(=O)c1ccc(NC(=O)C(C(F)(F)F)C(F)(F)F)cc1. The van der Waals surface area contributed by atoms with Gasteiger partial charge in [0.2, 0.25) is 11.8 Å². The number of benzene rings is 1. The van der Waals surface area contributed by atoms with Gasteiger partial charge in [-0.05, 0) is 24.3 Å². The number of anilines is 1. The van der Waals surface area contributed by atoms with Gasteiger partial charge in [-0.2, -0.15) is 26.3 Å². The Kier molecular flexibility index (Phi) is 5.05. The van der Waals surface area contributed by atoms with E-state index in [2.05, 4.69) is 4.74 Å². The van der Waals surface area contributed by atoms with Gasteiger partial charge in [0, 0.05) is 5.69 Å². The molecular formula is C12H9F6NO3. The number of ether oxygens (including phenoxy) is 1. The molecule has 1 aromatic rings. The van der Waals surface area contributed by atoms with Crippen LogP contribution in [0, 0.1) is 5.92 Å². The van der Waals surface area contributed by atoms with Gasteiger partial charge in [0.05, 0.1) is 12.7 Å². The number of rotatable bonds is 3. The highest BCUT2D eigenvalue weighted by molar-refractivity contribution is 5.94. The molecule has 1 rings (SSSR count). The fourth-order valence-corrected chi connectivity index (χ4v) is 1.50. The quantitative estimate of drug-likeness (QED) is 0.685. The summed E-state index contributed by atoms with van der Waals surface area (Å²) in [6.07, 6.45) is -11.5. The zero-order valence-corrected chi connectivity index (χ0v) is 10.9. The van der Waals surface area contributed by atoms with E-state index in [1.807, 2.05) is 0 Å². The summed E-state index contributed by atoms with van der Waals surface area (Å²) < 4.78 is 78.4. The predicted molar refractivity (Wildman–Crippen MR) is 62.0 cm³/mol. The normalized spacial score (nSPS) is 12.2. The van der Waals surface area contributed by atoms with E-state index in [4.69, 9.17) is 0 Å². The van der Waals surface area contributed by atoms with Crippen molar-refractivity contribution in [1.82, 2.24) is 0 Å². The highest BCUT2D eigenvalue weighted by Crippen LogP contribution is 2.39. The molecule has 0 aliphatic heterocycles. The number of carbonyl (C=O) groups excluding carboxylic acids is 2. The van der Waals surface area contributed by atoms with Crippen molar-refractivity contribution >= 4 is 17.6 Å². The summed E-state index contributed by atoms with van der Waals surface area (Å²) in [7, 11) is 1.09. The first-order chi connectivity index (χ1) is 9.96. The lowest BCUT2D eigenvalue weighted by Gasteiger charge is -2.22.